The fourth-order valence-electron chi connectivity index (χ4n) is 10.8. The summed E-state index contributed by atoms with van der Waals surface area (Å²) in [6.45, 7) is 32.1. The largest absolute Gasteiger partial charge is 0.756 e. The molecule has 10 rings (SSSR count). The van der Waals surface area contributed by atoms with Crippen LogP contribution >= 0.6 is 50.5 Å². The number of phosphoric acid groups is 3. The van der Waals surface area contributed by atoms with Gasteiger partial charge in [-0.3, -0.25) is 36.5 Å². The highest BCUT2D eigenvalue weighted by atomic mass is 79.9. The Morgan fingerprint density at radius 2 is 0.727 bits per heavy atom. The van der Waals surface area contributed by atoms with Gasteiger partial charge in [-0.15, -0.1) is 25.7 Å². The Hall–Kier alpha value is -7.09. The van der Waals surface area contributed by atoms with Crippen molar-refractivity contribution in [2.75, 3.05) is 86.9 Å². The van der Waals surface area contributed by atoms with Gasteiger partial charge in [-0.25, -0.2) is 32.6 Å². The van der Waals surface area contributed by atoms with E-state index in [-0.39, 0.29) is 111 Å². The number of rotatable bonds is 26. The Bertz CT molecular complexity index is 5010. The molecule has 10 heterocycles. The first-order valence-corrected chi connectivity index (χ1v) is 54.5. The van der Waals surface area contributed by atoms with Gasteiger partial charge in [-0.1, -0.05) is 122 Å². The van der Waals surface area contributed by atoms with Crippen LogP contribution in [0.1, 0.15) is 133 Å². The number of nitrogen functional groups attached to an aromatic ring is 5. The lowest BCUT2D eigenvalue weighted by Gasteiger charge is -2.37. The van der Waals surface area contributed by atoms with Crippen LogP contribution in [0.5, 0.6) is 0 Å². The van der Waals surface area contributed by atoms with Gasteiger partial charge in [-0.05, 0) is 71.6 Å². The standard InChI is InChI=1S/C18H29N3O4Si.C15H27N3O4Si.C12H18N3O13P3.C12H15N3O4.C9H13N3O4.C6H15ClSi.C3H3Br.CH4/c1-7-10-23-13-11-16(21-9-8-15(19)20-17(21)22)25-14(13)12-24-26(5,6)18(2,3)4;1-15(2,3)23(4,5)21-9-11-10(19)8-13(22-11)18-7-6-12(16)17-14(18)20;1-2-5-24-8-6-11(15-4-3-10(13)14-12(15)16)26-9(8)7-25-30(20,21)28-31(22,23)27-29(17,18)19;1-2-5-18-8-6-11(19-9(8)7-16)15-4-3-10(13)14-12(15)17;10-7-1-2-12(9(15)11-7)8-3-5(14)6(4-13)16-8;1-6(2,3)8(4,5)7;1-2-3-4;/h1,8-9,13-14,16H,10-12H2,2-6H3,(H2,19,20,22);6-7,10-11,13,19H,8-9H2,1-5H3,(H2,16,17,20);1,3-4,8-9,11H,5-7H2,(H,20,21)(H,22,23)(H2,13,14,16)(H2,17,18,19);1,3-4,8-9,11,16H,5-7H2,(H2,13,14,17);1-2,5-6,8,13-14H,3-4H2,(H2,10,11,15);1-5H3;1H,3H2;1H4/p-3/t13?,14-,16-;10?,11-,13-;2*8?,9-,11-;5?,6-,8-;;;/m11111.../s1. The number of aliphatic hydroxyl groups is 4. The van der Waals surface area contributed by atoms with Crippen molar-refractivity contribution >= 4 is 104 Å². The Morgan fingerprint density at radius 3 is 0.984 bits per heavy atom. The van der Waals surface area contributed by atoms with Crippen LogP contribution < -0.4 is 71.8 Å². The monoisotopic (exact) mass is 2000 g/mol. The van der Waals surface area contributed by atoms with E-state index in [1.54, 1.807) is 18.5 Å². The van der Waals surface area contributed by atoms with Crippen molar-refractivity contribution < 1.29 is 114 Å². The molecule has 15 N–H and O–H groups in total. The maximum absolute atomic E-state index is 12.1. The molecule has 5 aliphatic heterocycles. The molecule has 0 bridgehead atoms. The second kappa shape index (κ2) is 50.7. The van der Waals surface area contributed by atoms with E-state index in [0.717, 1.165) is 4.57 Å². The summed E-state index contributed by atoms with van der Waals surface area (Å²) in [6.07, 6.45) is 19.9. The van der Waals surface area contributed by atoms with Crippen LogP contribution in [-0.2, 0) is 73.6 Å². The van der Waals surface area contributed by atoms with Crippen molar-refractivity contribution in [2.45, 2.75) is 248 Å². The summed E-state index contributed by atoms with van der Waals surface area (Å²) >= 11 is 9.16. The number of aliphatic hydroxyl groups excluding tert-OH is 4. The second-order valence-corrected chi connectivity index (χ2v) is 55.0. The normalized spacial score (nSPS) is 24.6. The van der Waals surface area contributed by atoms with Crippen molar-refractivity contribution in [1.29, 1.82) is 0 Å². The number of phosphoric ester groups is 1. The summed E-state index contributed by atoms with van der Waals surface area (Å²) in [5.74, 6) is 9.96. The summed E-state index contributed by atoms with van der Waals surface area (Å²) in [5, 5.41) is 39.1. The molecule has 8 unspecified atom stereocenters. The smallest absolute Gasteiger partial charge is 0.351 e. The van der Waals surface area contributed by atoms with Gasteiger partial charge >= 0.3 is 28.4 Å². The quantitative estimate of drug-likeness (QED) is 0.0124. The highest BCUT2D eigenvalue weighted by Gasteiger charge is 2.46. The number of nitrogens with zero attached hydrogens (tertiary/aromatic N) is 10. The van der Waals surface area contributed by atoms with Crippen molar-refractivity contribution in [3.63, 3.8) is 0 Å². The Labute approximate surface area is 759 Å². The molecule has 52 heteroatoms. The van der Waals surface area contributed by atoms with E-state index in [4.69, 9.17) is 122 Å². The molecule has 5 saturated heterocycles. The zero-order valence-corrected chi connectivity index (χ0v) is 81.2. The van der Waals surface area contributed by atoms with Gasteiger partial charge in [-0.2, -0.15) is 36.0 Å². The van der Waals surface area contributed by atoms with Gasteiger partial charge in [0.15, 0.2) is 24.0 Å². The first-order valence-electron chi connectivity index (χ1n) is 39.1. The number of hydrogen-bond donors (Lipinski definition) is 10. The van der Waals surface area contributed by atoms with Crippen LogP contribution in [0.15, 0.2) is 85.3 Å². The number of hydrogen-bond acceptors (Lipinski definition) is 38. The molecule has 18 atom stereocenters. The van der Waals surface area contributed by atoms with Crippen molar-refractivity contribution in [3.05, 3.63) is 114 Å². The maximum Gasteiger partial charge on any atom is 0.351 e. The van der Waals surface area contributed by atoms with Gasteiger partial charge in [0.2, 0.25) is 0 Å². The molecule has 0 spiro atoms. The van der Waals surface area contributed by atoms with Crippen molar-refractivity contribution in [3.8, 4) is 49.4 Å². The van der Waals surface area contributed by atoms with Gasteiger partial charge in [0.25, 0.3) is 23.5 Å². The van der Waals surface area contributed by atoms with Crippen LogP contribution in [0.2, 0.25) is 54.4 Å². The third-order valence-corrected chi connectivity index (χ3v) is 39.0. The average Bonchev–Trinajstić information content (AvgIpc) is 1.92. The molecule has 5 aliphatic rings. The van der Waals surface area contributed by atoms with Crippen molar-refractivity contribution in [1.82, 2.24) is 47.8 Å². The molecular formula is C76H121BrClN15O29P3Si3-3. The second-order valence-electron chi connectivity index (χ2n) is 33.2. The summed E-state index contributed by atoms with van der Waals surface area (Å²) in [7, 11) is -22.8. The summed E-state index contributed by atoms with van der Waals surface area (Å²) in [6, 6.07) is 7.41. The van der Waals surface area contributed by atoms with Crippen LogP contribution in [0.4, 0.5) is 29.1 Å². The number of aromatic nitrogens is 10. The van der Waals surface area contributed by atoms with E-state index in [1.165, 1.54) is 61.1 Å². The van der Waals surface area contributed by atoms with E-state index >= 15 is 0 Å². The van der Waals surface area contributed by atoms with E-state index < -0.39 is 156 Å². The predicted octanol–water partition coefficient (Wildman–Crippen LogP) is 3.70. The molecule has 5 fully saturated rings. The molecule has 0 amide bonds. The van der Waals surface area contributed by atoms with Gasteiger partial charge in [0, 0.05) is 63.1 Å². The number of nitrogens with two attached hydrogens (primary N) is 5. The highest BCUT2D eigenvalue weighted by Crippen LogP contribution is 2.61. The third kappa shape index (κ3) is 36.8. The molecule has 5 aromatic rings. The van der Waals surface area contributed by atoms with E-state index in [2.05, 4.69) is 179 Å². The van der Waals surface area contributed by atoms with Gasteiger partial charge in [0.05, 0.1) is 68.9 Å². The van der Waals surface area contributed by atoms with E-state index in [1.807, 2.05) is 0 Å². The van der Waals surface area contributed by atoms with Gasteiger partial charge in [0.1, 0.15) is 111 Å². The SMILES string of the molecule is C.C#CCBr.C#CCOC1C[C@H](n2ccc(N)nc2=O)O[C@@H]1CO.C#CCOC1C[C@H](n2ccc(N)nc2=O)O[C@@H]1COP(=O)([O-])OP(=O)([O-])OP(=O)([O-])O.C#CCOC1C[C@H](n2ccc(N)nc2=O)O[C@@H]1CO[Si](C)(C)C(C)(C)C.CC(C)(C)[Si](C)(C)Cl.CC(C)(C)[Si](C)(C)OC[C@H]1O[C@@H](n2ccc(N)nc2=O)CC1O.Nc1ccn([C@H]2CC(O)[C@@H](CO)O2)c(=O)n1. The Morgan fingerprint density at radius 1 is 0.469 bits per heavy atom. The average molecular weight is 2000 g/mol. The van der Waals surface area contributed by atoms with Gasteiger partial charge < -0.3 is 120 Å². The van der Waals surface area contributed by atoms with Crippen LogP contribution in [0.25, 0.3) is 0 Å². The Balaban J connectivity index is 0.000000403. The van der Waals surface area contributed by atoms with Crippen molar-refractivity contribution in [2.24, 2.45) is 0 Å². The highest BCUT2D eigenvalue weighted by molar-refractivity contribution is 9.09. The fourth-order valence-corrected chi connectivity index (χ4v) is 15.8. The Kier molecular flexibility index (Phi) is 45.6. The molecule has 5 aromatic heterocycles. The zero-order chi connectivity index (χ0) is 96.3. The number of alkyl halides is 1. The number of anilines is 5. The molecule has 44 nitrogen and oxygen atoms in total. The van der Waals surface area contributed by atoms with Crippen LogP contribution in [0.3, 0.4) is 0 Å². The number of ether oxygens (including phenoxy) is 8. The molecule has 718 valence electrons. The van der Waals surface area contributed by atoms with E-state index in [9.17, 15) is 67.7 Å². The van der Waals surface area contributed by atoms with Crippen LogP contribution in [0, 0.1) is 49.4 Å². The van der Waals surface area contributed by atoms with Crippen LogP contribution in [-0.4, -0.2) is 216 Å². The predicted molar refractivity (Wildman–Crippen MR) is 481 cm³/mol. The summed E-state index contributed by atoms with van der Waals surface area (Å²) in [4.78, 5) is 119. The van der Waals surface area contributed by atoms with E-state index in [0.29, 0.717) is 42.8 Å². The lowest BCUT2D eigenvalue weighted by atomic mass is 10.2. The molecule has 0 aliphatic carbocycles. The number of halogens is 2. The lowest BCUT2D eigenvalue weighted by Crippen LogP contribution is -2.44. The fraction of sp³-hybridized carbons (Fsp3) is 0.632. The molecule has 0 aromatic carbocycles. The molecule has 128 heavy (non-hydrogen) atoms. The minimum atomic E-state index is -6.04. The first-order chi connectivity index (χ1) is 58.7. The molecule has 0 saturated carbocycles. The maximum atomic E-state index is 12.1. The molecule has 0 radical (unpaired) electrons. The molecular weight excluding hydrogens is 1880 g/mol. The minimum Gasteiger partial charge on any atom is -0.756 e. The lowest BCUT2D eigenvalue weighted by molar-refractivity contribution is -0.250. The first kappa shape index (κ1) is 115. The summed E-state index contributed by atoms with van der Waals surface area (Å²) in [5.41, 5.74) is 24.5. The summed E-state index contributed by atoms with van der Waals surface area (Å²) < 4.78 is 108. The zero-order valence-electron chi connectivity index (χ0n) is 73.1. The topological polar surface area (TPSA) is 646 Å². The number of terminal acetylenes is 4. The minimum absolute atomic E-state index is 0. The third-order valence-electron chi connectivity index (χ3n) is 20.8.